The Morgan fingerprint density at radius 2 is 1.69 bits per heavy atom. The van der Waals surface area contributed by atoms with Gasteiger partial charge in [-0.2, -0.15) is 5.10 Å². The highest BCUT2D eigenvalue weighted by molar-refractivity contribution is 5.94. The lowest BCUT2D eigenvalue weighted by Crippen LogP contribution is -2.46. The van der Waals surface area contributed by atoms with E-state index in [1.165, 1.54) is 0 Å². The molecule has 6 nitrogen and oxygen atoms in total. The molecule has 1 aliphatic heterocycles. The number of hydrogen-bond donors (Lipinski definition) is 1. The number of para-hydroxylation sites is 2. The zero-order chi connectivity index (χ0) is 17.8. The molecular formula is C20H21N5O. The molecule has 2 heterocycles. The highest BCUT2D eigenvalue weighted by Crippen LogP contribution is 2.21. The highest BCUT2D eigenvalue weighted by Gasteiger charge is 2.26. The van der Waals surface area contributed by atoms with E-state index in [2.05, 4.69) is 15.4 Å². The van der Waals surface area contributed by atoms with Crippen LogP contribution in [0.15, 0.2) is 67.0 Å². The van der Waals surface area contributed by atoms with E-state index in [1.807, 2.05) is 70.2 Å². The molecule has 26 heavy (non-hydrogen) atoms. The fourth-order valence-corrected chi connectivity index (χ4v) is 3.29. The van der Waals surface area contributed by atoms with Crippen molar-refractivity contribution in [2.24, 2.45) is 0 Å². The molecule has 1 saturated heterocycles. The smallest absolute Gasteiger partial charge is 0.228 e. The third-order valence-corrected chi connectivity index (χ3v) is 4.66. The van der Waals surface area contributed by atoms with Gasteiger partial charge < -0.3 is 10.2 Å². The highest BCUT2D eigenvalue weighted by atomic mass is 16.2. The number of carbonyl (C=O) groups is 1. The molecule has 1 aromatic heterocycles. The molecule has 1 fully saturated rings. The van der Waals surface area contributed by atoms with Crippen molar-refractivity contribution < 1.29 is 4.79 Å². The van der Waals surface area contributed by atoms with Crippen molar-refractivity contribution in [3.63, 3.8) is 0 Å². The van der Waals surface area contributed by atoms with E-state index in [4.69, 9.17) is 0 Å². The molecule has 1 aliphatic rings. The van der Waals surface area contributed by atoms with Gasteiger partial charge >= 0.3 is 0 Å². The van der Waals surface area contributed by atoms with Crippen molar-refractivity contribution in [1.29, 1.82) is 0 Å². The summed E-state index contributed by atoms with van der Waals surface area (Å²) in [5.74, 6) is 0.999. The number of hydrogen-bond acceptors (Lipinski definition) is 4. The third-order valence-electron chi connectivity index (χ3n) is 4.66. The van der Waals surface area contributed by atoms with E-state index in [9.17, 15) is 4.79 Å². The van der Waals surface area contributed by atoms with Gasteiger partial charge in [0.2, 0.25) is 5.91 Å². The Bertz CT molecular complexity index is 862. The lowest BCUT2D eigenvalue weighted by molar-refractivity contribution is -0.120. The summed E-state index contributed by atoms with van der Waals surface area (Å²) in [5.41, 5.74) is 1.96. The summed E-state index contributed by atoms with van der Waals surface area (Å²) in [4.78, 5) is 18.7. The van der Waals surface area contributed by atoms with Crippen LogP contribution in [0, 0.1) is 0 Å². The number of piperidine rings is 1. The topological polar surface area (TPSA) is 63.1 Å². The Morgan fingerprint density at radius 3 is 2.38 bits per heavy atom. The SMILES string of the molecule is O=C1C[C@H](NCc2ncnn2-c2ccccc2)CCN1c1ccccc1. The molecule has 6 heteroatoms. The van der Waals surface area contributed by atoms with Crippen LogP contribution in [-0.2, 0) is 11.3 Å². The van der Waals surface area contributed by atoms with Gasteiger partial charge in [-0.15, -0.1) is 0 Å². The van der Waals surface area contributed by atoms with Crippen molar-refractivity contribution in [3.8, 4) is 5.69 Å². The van der Waals surface area contributed by atoms with Crippen LogP contribution in [0.1, 0.15) is 18.7 Å². The molecule has 1 amide bonds. The molecule has 4 rings (SSSR count). The molecule has 0 unspecified atom stereocenters. The fourth-order valence-electron chi connectivity index (χ4n) is 3.29. The summed E-state index contributed by atoms with van der Waals surface area (Å²) in [6.45, 7) is 1.31. The lowest BCUT2D eigenvalue weighted by Gasteiger charge is -2.32. The summed E-state index contributed by atoms with van der Waals surface area (Å²) >= 11 is 0. The van der Waals surface area contributed by atoms with E-state index >= 15 is 0 Å². The zero-order valence-corrected chi connectivity index (χ0v) is 14.5. The zero-order valence-electron chi connectivity index (χ0n) is 14.5. The van der Waals surface area contributed by atoms with E-state index < -0.39 is 0 Å². The van der Waals surface area contributed by atoms with Crippen LogP contribution in [0.5, 0.6) is 0 Å². The predicted molar refractivity (Wildman–Crippen MR) is 100 cm³/mol. The van der Waals surface area contributed by atoms with Gasteiger partial charge in [0.15, 0.2) is 0 Å². The molecule has 0 radical (unpaired) electrons. The van der Waals surface area contributed by atoms with E-state index in [0.29, 0.717) is 13.0 Å². The van der Waals surface area contributed by atoms with Gasteiger partial charge in [-0.1, -0.05) is 36.4 Å². The number of nitrogens with zero attached hydrogens (tertiary/aromatic N) is 4. The molecule has 0 spiro atoms. The molecule has 0 aliphatic carbocycles. The van der Waals surface area contributed by atoms with Crippen molar-refractivity contribution >= 4 is 11.6 Å². The minimum atomic E-state index is 0.156. The first-order valence-corrected chi connectivity index (χ1v) is 8.84. The Hall–Kier alpha value is -2.99. The molecule has 0 bridgehead atoms. The Kier molecular flexibility index (Phi) is 4.75. The van der Waals surface area contributed by atoms with Gasteiger partial charge in [0, 0.05) is 24.7 Å². The normalized spacial score (nSPS) is 17.5. The van der Waals surface area contributed by atoms with Crippen molar-refractivity contribution in [2.45, 2.75) is 25.4 Å². The summed E-state index contributed by atoms with van der Waals surface area (Å²) in [5, 5.41) is 7.77. The minimum absolute atomic E-state index is 0.156. The van der Waals surface area contributed by atoms with Crippen LogP contribution in [-0.4, -0.2) is 33.3 Å². The van der Waals surface area contributed by atoms with Crippen molar-refractivity contribution in [3.05, 3.63) is 72.8 Å². The van der Waals surface area contributed by atoms with Gasteiger partial charge in [-0.05, 0) is 30.7 Å². The quantitative estimate of drug-likeness (QED) is 0.770. The van der Waals surface area contributed by atoms with Crippen molar-refractivity contribution in [1.82, 2.24) is 20.1 Å². The first-order chi connectivity index (χ1) is 12.8. The number of anilines is 1. The van der Waals surface area contributed by atoms with Crippen LogP contribution < -0.4 is 10.2 Å². The largest absolute Gasteiger partial charge is 0.312 e. The van der Waals surface area contributed by atoms with Gasteiger partial charge in [-0.25, -0.2) is 9.67 Å². The van der Waals surface area contributed by atoms with Gasteiger partial charge in [-0.3, -0.25) is 4.79 Å². The maximum absolute atomic E-state index is 12.5. The van der Waals surface area contributed by atoms with Crippen LogP contribution in [0.3, 0.4) is 0 Å². The lowest BCUT2D eigenvalue weighted by atomic mass is 10.0. The molecular weight excluding hydrogens is 326 g/mol. The average Bonchev–Trinajstić information content (AvgIpc) is 3.16. The number of carbonyl (C=O) groups excluding carboxylic acids is 1. The number of benzene rings is 2. The predicted octanol–water partition coefficient (Wildman–Crippen LogP) is 2.55. The molecule has 132 valence electrons. The van der Waals surface area contributed by atoms with Crippen LogP contribution in [0.2, 0.25) is 0 Å². The van der Waals surface area contributed by atoms with Crippen molar-refractivity contribution in [2.75, 3.05) is 11.4 Å². The Labute approximate surface area is 152 Å². The fraction of sp³-hybridized carbons (Fsp3) is 0.250. The summed E-state index contributed by atoms with van der Waals surface area (Å²) in [6, 6.07) is 19.9. The Balaban J connectivity index is 1.37. The average molecular weight is 347 g/mol. The first kappa shape index (κ1) is 16.5. The first-order valence-electron chi connectivity index (χ1n) is 8.84. The van der Waals surface area contributed by atoms with Crippen LogP contribution >= 0.6 is 0 Å². The standard InChI is InChI=1S/C20H21N5O/c26-20-13-16(11-12-24(20)17-7-3-1-4-8-17)21-14-19-22-15-23-25(19)18-9-5-2-6-10-18/h1-10,15-16,21H,11-14H2/t16-/m1/s1. The molecule has 0 saturated carbocycles. The molecule has 3 aromatic rings. The van der Waals surface area contributed by atoms with Crippen LogP contribution in [0.4, 0.5) is 5.69 Å². The van der Waals surface area contributed by atoms with Gasteiger partial charge in [0.25, 0.3) is 0 Å². The number of nitrogens with one attached hydrogen (secondary N) is 1. The summed E-state index contributed by atoms with van der Waals surface area (Å²) < 4.78 is 1.83. The number of amides is 1. The second kappa shape index (κ2) is 7.49. The second-order valence-electron chi connectivity index (χ2n) is 6.38. The number of rotatable bonds is 5. The van der Waals surface area contributed by atoms with E-state index in [1.54, 1.807) is 6.33 Å². The maximum atomic E-state index is 12.5. The molecule has 1 atom stereocenters. The van der Waals surface area contributed by atoms with Gasteiger partial charge in [0.05, 0.1) is 12.2 Å². The van der Waals surface area contributed by atoms with Crippen LogP contribution in [0.25, 0.3) is 5.69 Å². The monoisotopic (exact) mass is 347 g/mol. The molecule has 1 N–H and O–H groups in total. The number of aromatic nitrogens is 3. The minimum Gasteiger partial charge on any atom is -0.312 e. The summed E-state index contributed by atoms with van der Waals surface area (Å²) in [7, 11) is 0. The third kappa shape index (κ3) is 3.50. The van der Waals surface area contributed by atoms with E-state index in [0.717, 1.165) is 30.2 Å². The Morgan fingerprint density at radius 1 is 1.00 bits per heavy atom. The van der Waals surface area contributed by atoms with E-state index in [-0.39, 0.29) is 11.9 Å². The maximum Gasteiger partial charge on any atom is 0.228 e. The molecule has 2 aromatic carbocycles. The second-order valence-corrected chi connectivity index (χ2v) is 6.38. The van der Waals surface area contributed by atoms with Gasteiger partial charge in [0.1, 0.15) is 12.2 Å². The summed E-state index contributed by atoms with van der Waals surface area (Å²) in [6.07, 6.45) is 2.97.